The molecule has 5 heterocycles. The standard InChI is InChI=1S/C50H54ClF2N9O6S/c1-26-20-33(21-27(2)42(26)52)56-44(61-18-17-60(48(61)65)37-12-13-39(41(51)43(37)53)69(66,55-7)34-9-10-34)40-29(4)59(16-14-35(40)54)45(63)38-23-32-22-30(31-15-19-67-49(5,6)25-31)8-11-36(32)62(38)50(24-28(50)3)46-57-47(64)68-58-46/h8,11-13,17-18,20-23,28-29,31,34H,9-10,14-16,19,24-25,54H2,1-7H3,(H,57,58,64)/t28-,29-,31-,50-,69?/m0/s1. The number of aromatic amines is 1. The summed E-state index contributed by atoms with van der Waals surface area (Å²) in [7, 11) is -1.57. The Labute approximate surface area is 402 Å². The second kappa shape index (κ2) is 16.8. The Morgan fingerprint density at radius 2 is 1.72 bits per heavy atom. The molecule has 6 aromatic rings. The zero-order valence-corrected chi connectivity index (χ0v) is 41.0. The van der Waals surface area contributed by atoms with E-state index in [0.717, 1.165) is 33.9 Å². The molecule has 15 nitrogen and oxygen atoms in total. The Hall–Kier alpha value is -6.11. The summed E-state index contributed by atoms with van der Waals surface area (Å²) in [5, 5.41) is 4.37. The number of carbonyl (C=O) groups excluding carboxylic acids is 1. The third-order valence-electron chi connectivity index (χ3n) is 14.6. The van der Waals surface area contributed by atoms with Crippen LogP contribution in [0.5, 0.6) is 0 Å². The van der Waals surface area contributed by atoms with E-state index < -0.39 is 44.4 Å². The number of hydrogen-bond donors (Lipinski definition) is 2. The van der Waals surface area contributed by atoms with Crippen LogP contribution in [0.25, 0.3) is 16.6 Å². The Morgan fingerprint density at radius 3 is 2.36 bits per heavy atom. The summed E-state index contributed by atoms with van der Waals surface area (Å²) in [6.07, 6.45) is 6.58. The number of nitrogens with zero attached hydrogens (tertiary/aromatic N) is 7. The minimum atomic E-state index is -2.99. The normalized spacial score (nSPS) is 23.7. The zero-order valence-electron chi connectivity index (χ0n) is 39.4. The van der Waals surface area contributed by atoms with Gasteiger partial charge < -0.3 is 19.9 Å². The van der Waals surface area contributed by atoms with Crippen molar-refractivity contribution in [1.82, 2.24) is 28.7 Å². The minimum absolute atomic E-state index is 0.0355. The summed E-state index contributed by atoms with van der Waals surface area (Å²) in [5.74, 6) is -1.87. The van der Waals surface area contributed by atoms with Crippen LogP contribution in [0.4, 0.5) is 14.5 Å². The van der Waals surface area contributed by atoms with Gasteiger partial charge in [0.1, 0.15) is 22.9 Å². The lowest BCUT2D eigenvalue weighted by Gasteiger charge is -2.37. The number of halogens is 3. The van der Waals surface area contributed by atoms with Gasteiger partial charge >= 0.3 is 11.4 Å². The number of ether oxygens (including phenoxy) is 1. The fourth-order valence-corrected chi connectivity index (χ4v) is 13.5. The Balaban J connectivity index is 1.09. The molecule has 0 radical (unpaired) electrons. The fourth-order valence-electron chi connectivity index (χ4n) is 10.7. The zero-order chi connectivity index (χ0) is 49.1. The highest BCUT2D eigenvalue weighted by Crippen LogP contribution is 2.56. The van der Waals surface area contributed by atoms with Gasteiger partial charge in [-0.05, 0) is 138 Å². The first-order chi connectivity index (χ1) is 32.8. The number of fused-ring (bicyclic) bond motifs is 1. The Bertz CT molecular complexity index is 3420. The molecule has 3 aromatic carbocycles. The molecule has 10 rings (SSSR count). The molecule has 1 unspecified atom stereocenters. The number of benzene rings is 3. The van der Waals surface area contributed by atoms with Crippen molar-refractivity contribution < 1.29 is 27.0 Å². The highest BCUT2D eigenvalue weighted by Gasteiger charge is 2.59. The molecule has 5 atom stereocenters. The SMILES string of the molecule is CN=S(=O)(c1ccc(-n2ccn(C(=Nc3cc(C)c(F)c(C)c3)C3=C(N)CCN(C(=O)c4cc5cc([C@H]6CCOC(C)(C)C6)ccc5n4[C@@]4(c5noc(=O)[nH]5)C[C@@H]4C)[C@H]3C)c2=O)c(F)c1Cl)C1CC1. The van der Waals surface area contributed by atoms with Crippen LogP contribution in [0.1, 0.15) is 105 Å². The molecule has 362 valence electrons. The quantitative estimate of drug-likeness (QED) is 0.106. The van der Waals surface area contributed by atoms with Crippen LogP contribution in [-0.4, -0.2) is 81.8 Å². The molecule has 0 bridgehead atoms. The van der Waals surface area contributed by atoms with Crippen LogP contribution < -0.4 is 17.2 Å². The van der Waals surface area contributed by atoms with Crippen molar-refractivity contribution >= 4 is 49.7 Å². The van der Waals surface area contributed by atoms with Gasteiger partial charge in [0.05, 0.1) is 42.7 Å². The predicted molar refractivity (Wildman–Crippen MR) is 259 cm³/mol. The average molecular weight is 983 g/mol. The van der Waals surface area contributed by atoms with Gasteiger partial charge in [-0.2, -0.15) is 0 Å². The van der Waals surface area contributed by atoms with Crippen LogP contribution in [0.3, 0.4) is 0 Å². The Kier molecular flexibility index (Phi) is 11.3. The second-order valence-electron chi connectivity index (χ2n) is 19.6. The summed E-state index contributed by atoms with van der Waals surface area (Å²) in [5.41, 5.74) is 8.69. The van der Waals surface area contributed by atoms with E-state index in [1.165, 1.54) is 36.1 Å². The predicted octanol–water partition coefficient (Wildman–Crippen LogP) is 8.62. The number of aryl methyl sites for hydroxylation is 2. The van der Waals surface area contributed by atoms with Gasteiger partial charge in [-0.3, -0.25) is 23.4 Å². The molecule has 2 saturated carbocycles. The van der Waals surface area contributed by atoms with Gasteiger partial charge in [0.2, 0.25) is 0 Å². The number of H-pyrrole nitrogens is 1. The summed E-state index contributed by atoms with van der Waals surface area (Å²) in [6, 6.07) is 13.2. The maximum absolute atomic E-state index is 16.4. The van der Waals surface area contributed by atoms with Gasteiger partial charge in [0.25, 0.3) is 5.91 Å². The largest absolute Gasteiger partial charge is 0.438 e. The summed E-state index contributed by atoms with van der Waals surface area (Å²) in [6.45, 7) is 12.1. The molecule has 3 N–H and O–H groups in total. The van der Waals surface area contributed by atoms with Gasteiger partial charge in [0, 0.05) is 66.4 Å². The molecular formula is C50H54ClF2N9O6S. The minimum Gasteiger partial charge on any atom is -0.402 e. The van der Waals surface area contributed by atoms with Gasteiger partial charge in [-0.15, -0.1) is 0 Å². The van der Waals surface area contributed by atoms with Gasteiger partial charge in [0.15, 0.2) is 11.6 Å². The summed E-state index contributed by atoms with van der Waals surface area (Å²) >= 11 is 6.59. The van der Waals surface area contributed by atoms with E-state index in [2.05, 4.69) is 40.5 Å². The lowest BCUT2D eigenvalue weighted by atomic mass is 9.83. The van der Waals surface area contributed by atoms with Crippen molar-refractivity contribution in [3.05, 3.63) is 138 Å². The number of aliphatic imine (C=N–C) groups is 1. The van der Waals surface area contributed by atoms with Gasteiger partial charge in [-0.1, -0.05) is 29.7 Å². The number of nitrogens with two attached hydrogens (primary N) is 1. The highest BCUT2D eigenvalue weighted by molar-refractivity contribution is 7.94. The monoisotopic (exact) mass is 981 g/mol. The van der Waals surface area contributed by atoms with E-state index in [0.29, 0.717) is 65.5 Å². The number of carbonyl (C=O) groups is 1. The molecule has 0 spiro atoms. The molecular weight excluding hydrogens is 928 g/mol. The van der Waals surface area contributed by atoms with E-state index in [4.69, 9.17) is 31.6 Å². The lowest BCUT2D eigenvalue weighted by molar-refractivity contribution is -0.0592. The van der Waals surface area contributed by atoms with Crippen molar-refractivity contribution in [2.75, 3.05) is 20.2 Å². The molecule has 3 fully saturated rings. The van der Waals surface area contributed by atoms with E-state index in [9.17, 15) is 13.8 Å². The highest BCUT2D eigenvalue weighted by atomic mass is 35.5. The number of hydrogen-bond acceptors (Lipinski definition) is 10. The molecule has 19 heteroatoms. The number of imidazole rings is 1. The molecule has 2 aliphatic carbocycles. The number of nitrogens with one attached hydrogen (secondary N) is 1. The van der Waals surface area contributed by atoms with Crippen molar-refractivity contribution in [1.29, 1.82) is 0 Å². The van der Waals surface area contributed by atoms with E-state index in [1.807, 2.05) is 23.6 Å². The van der Waals surface area contributed by atoms with Crippen LogP contribution in [0.15, 0.2) is 101 Å². The van der Waals surface area contributed by atoms with Crippen molar-refractivity contribution in [2.24, 2.45) is 21.0 Å². The fraction of sp³-hybridized carbons (Fsp3) is 0.420. The summed E-state index contributed by atoms with van der Waals surface area (Å²) in [4.78, 5) is 52.2. The maximum Gasteiger partial charge on any atom is 0.438 e. The lowest BCUT2D eigenvalue weighted by Crippen LogP contribution is -2.49. The van der Waals surface area contributed by atoms with Crippen LogP contribution in [0.2, 0.25) is 5.02 Å². The number of amides is 1. The van der Waals surface area contributed by atoms with E-state index >= 15 is 13.6 Å². The second-order valence-corrected chi connectivity index (χ2v) is 22.6. The third kappa shape index (κ3) is 7.69. The molecule has 2 aliphatic heterocycles. The number of aromatic nitrogens is 5. The molecule has 1 amide bonds. The first-order valence-corrected chi connectivity index (χ1v) is 25.2. The first kappa shape index (κ1) is 46.6. The van der Waals surface area contributed by atoms with Crippen LogP contribution >= 0.6 is 11.6 Å². The number of rotatable bonds is 9. The smallest absolute Gasteiger partial charge is 0.402 e. The average Bonchev–Trinajstić information content (AvgIpc) is 4.14. The molecule has 4 aliphatic rings. The molecule has 1 saturated heterocycles. The van der Waals surface area contributed by atoms with Crippen molar-refractivity contribution in [3.63, 3.8) is 0 Å². The van der Waals surface area contributed by atoms with Crippen molar-refractivity contribution in [2.45, 2.75) is 113 Å². The van der Waals surface area contributed by atoms with Crippen LogP contribution in [0, 0.1) is 31.4 Å². The molecule has 69 heavy (non-hydrogen) atoms. The molecule has 3 aromatic heterocycles. The van der Waals surface area contributed by atoms with Crippen molar-refractivity contribution in [3.8, 4) is 5.69 Å². The summed E-state index contributed by atoms with van der Waals surface area (Å²) < 4.78 is 64.7. The van der Waals surface area contributed by atoms with Gasteiger partial charge in [-0.25, -0.2) is 31.9 Å². The topological polar surface area (TPSA) is 188 Å². The van der Waals surface area contributed by atoms with E-state index in [-0.39, 0.29) is 63.0 Å². The first-order valence-electron chi connectivity index (χ1n) is 23.2. The third-order valence-corrected chi connectivity index (χ3v) is 18.0. The van der Waals surface area contributed by atoms with Crippen LogP contribution in [-0.2, 0) is 20.0 Å². The Morgan fingerprint density at radius 1 is 1.00 bits per heavy atom. The maximum atomic E-state index is 16.4. The van der Waals surface area contributed by atoms with E-state index in [1.54, 1.807) is 37.8 Å².